The maximum absolute atomic E-state index is 12.0. The number of carbonyl (C=O) groups is 3. The molecule has 236 valence electrons. The van der Waals surface area contributed by atoms with Crippen molar-refractivity contribution in [3.05, 3.63) is 35.4 Å². The maximum atomic E-state index is 12.0. The van der Waals surface area contributed by atoms with Crippen molar-refractivity contribution in [3.8, 4) is 0 Å². The van der Waals surface area contributed by atoms with E-state index in [2.05, 4.69) is 39.4 Å². The van der Waals surface area contributed by atoms with Crippen LogP contribution in [0.3, 0.4) is 0 Å². The third kappa shape index (κ3) is 7.92. The summed E-state index contributed by atoms with van der Waals surface area (Å²) in [6.45, 7) is 5.92. The van der Waals surface area contributed by atoms with E-state index in [1.807, 2.05) is 0 Å². The van der Waals surface area contributed by atoms with Gasteiger partial charge < -0.3 is 25.5 Å². The van der Waals surface area contributed by atoms with Crippen molar-refractivity contribution in [2.45, 2.75) is 68.4 Å². The van der Waals surface area contributed by atoms with E-state index in [-0.39, 0.29) is 17.6 Å². The quantitative estimate of drug-likeness (QED) is 0.383. The van der Waals surface area contributed by atoms with Gasteiger partial charge in [-0.1, -0.05) is 24.3 Å². The van der Waals surface area contributed by atoms with Gasteiger partial charge in [0.2, 0.25) is 5.91 Å². The van der Waals surface area contributed by atoms with Crippen molar-refractivity contribution in [3.63, 3.8) is 0 Å². The summed E-state index contributed by atoms with van der Waals surface area (Å²) in [4.78, 5) is 34.3. The number of aliphatic hydroxyl groups is 1. The minimum atomic E-state index is -5.08. The summed E-state index contributed by atoms with van der Waals surface area (Å²) in [6.07, 6.45) is -4.41. The van der Waals surface area contributed by atoms with Gasteiger partial charge in [0.15, 0.2) is 0 Å². The smallest absolute Gasteiger partial charge is 0.475 e. The number of aliphatic carboxylic acids is 2. The Labute approximate surface area is 238 Å². The van der Waals surface area contributed by atoms with Crippen LogP contribution >= 0.6 is 0 Å². The third-order valence-electron chi connectivity index (χ3n) is 8.35. The molecule has 2 atom stereocenters. The van der Waals surface area contributed by atoms with Gasteiger partial charge in [-0.2, -0.15) is 26.3 Å². The van der Waals surface area contributed by atoms with Gasteiger partial charge in [0, 0.05) is 24.9 Å². The molecule has 3 saturated heterocycles. The predicted octanol–water partition coefficient (Wildman–Crippen LogP) is 3.32. The van der Waals surface area contributed by atoms with Crippen molar-refractivity contribution in [2.24, 2.45) is 5.92 Å². The Morgan fingerprint density at radius 3 is 1.93 bits per heavy atom. The molecule has 0 aromatic heterocycles. The van der Waals surface area contributed by atoms with E-state index in [0.717, 1.165) is 77.8 Å². The van der Waals surface area contributed by atoms with E-state index in [1.54, 1.807) is 0 Å². The van der Waals surface area contributed by atoms with E-state index < -0.39 is 24.3 Å². The van der Waals surface area contributed by atoms with Gasteiger partial charge in [-0.05, 0) is 75.3 Å². The second kappa shape index (κ2) is 13.6. The van der Waals surface area contributed by atoms with E-state index in [9.17, 15) is 36.2 Å². The summed E-state index contributed by atoms with van der Waals surface area (Å²) in [6, 6.07) is 8.90. The van der Waals surface area contributed by atoms with Crippen LogP contribution in [0.1, 0.15) is 55.7 Å². The molecule has 0 unspecified atom stereocenters. The fourth-order valence-electron chi connectivity index (χ4n) is 6.30. The number of hydrogen-bond donors (Lipinski definition) is 4. The molecular weight excluding hydrogens is 576 g/mol. The minimum Gasteiger partial charge on any atom is -0.475 e. The zero-order chi connectivity index (χ0) is 31.3. The first-order valence-electron chi connectivity index (χ1n) is 13.7. The fourth-order valence-corrected chi connectivity index (χ4v) is 6.30. The number of likely N-dealkylation sites (tertiary alicyclic amines) is 2. The second-order valence-electron chi connectivity index (χ2n) is 10.9. The average Bonchev–Trinajstić information content (AvgIpc) is 3.43. The Hall–Kier alpha value is -2.91. The molecule has 5 rings (SSSR count). The van der Waals surface area contributed by atoms with Crippen molar-refractivity contribution >= 4 is 17.8 Å². The molecule has 4 aliphatic rings. The lowest BCUT2D eigenvalue weighted by Crippen LogP contribution is -2.50. The van der Waals surface area contributed by atoms with E-state index in [4.69, 9.17) is 19.8 Å². The standard InChI is InChI=1S/C23H33N3O2.2C2HF3O2/c27-20-6-3-13-26(20)16-17-7-14-25(15-8-17)21-18-4-1-2-5-19(18)23(22(21)28)9-11-24-12-10-23;2*3-2(4,5)1(6)7/h1-2,4-5,17,21-22,24,28H,3,6-16H2;2*(H,6,7)/t21-,22+;;/m1../s1. The molecule has 0 bridgehead atoms. The number of fused-ring (bicyclic) bond motifs is 2. The molecule has 4 N–H and O–H groups in total. The van der Waals surface area contributed by atoms with E-state index >= 15 is 0 Å². The molecule has 3 fully saturated rings. The molecule has 42 heavy (non-hydrogen) atoms. The monoisotopic (exact) mass is 611 g/mol. The first-order chi connectivity index (χ1) is 19.6. The van der Waals surface area contributed by atoms with Crippen molar-refractivity contribution in [2.75, 3.05) is 39.3 Å². The molecule has 9 nitrogen and oxygen atoms in total. The van der Waals surface area contributed by atoms with Crippen LogP contribution < -0.4 is 5.32 Å². The van der Waals surface area contributed by atoms with Crippen LogP contribution in [-0.4, -0.2) is 101 Å². The van der Waals surface area contributed by atoms with Crippen LogP contribution in [-0.2, 0) is 19.8 Å². The summed E-state index contributed by atoms with van der Waals surface area (Å²) in [5.74, 6) is -4.56. The number of alkyl halides is 6. The molecule has 1 amide bonds. The topological polar surface area (TPSA) is 130 Å². The highest BCUT2D eigenvalue weighted by Crippen LogP contribution is 2.52. The molecule has 0 saturated carbocycles. The summed E-state index contributed by atoms with van der Waals surface area (Å²) in [5.41, 5.74) is 2.66. The third-order valence-corrected chi connectivity index (χ3v) is 8.35. The number of carboxylic acid groups (broad SMARTS) is 2. The largest absolute Gasteiger partial charge is 0.490 e. The van der Waals surface area contributed by atoms with Gasteiger partial charge in [0.1, 0.15) is 0 Å². The molecule has 1 spiro atoms. The number of hydrogen-bond acceptors (Lipinski definition) is 6. The summed E-state index contributed by atoms with van der Waals surface area (Å²) in [5, 5.41) is 29.3. The van der Waals surface area contributed by atoms with Crippen LogP contribution in [0.4, 0.5) is 26.3 Å². The average molecular weight is 612 g/mol. The van der Waals surface area contributed by atoms with Gasteiger partial charge in [-0.25, -0.2) is 9.59 Å². The number of amides is 1. The Balaban J connectivity index is 0.000000289. The van der Waals surface area contributed by atoms with E-state index in [1.165, 1.54) is 11.1 Å². The van der Waals surface area contributed by atoms with Gasteiger partial charge in [-0.15, -0.1) is 0 Å². The summed E-state index contributed by atoms with van der Waals surface area (Å²) in [7, 11) is 0. The van der Waals surface area contributed by atoms with Crippen molar-refractivity contribution in [1.29, 1.82) is 0 Å². The molecule has 1 aromatic carbocycles. The second-order valence-corrected chi connectivity index (χ2v) is 10.9. The van der Waals surface area contributed by atoms with Gasteiger partial charge in [-0.3, -0.25) is 9.69 Å². The zero-order valence-electron chi connectivity index (χ0n) is 22.8. The van der Waals surface area contributed by atoms with Gasteiger partial charge >= 0.3 is 24.3 Å². The van der Waals surface area contributed by atoms with E-state index in [0.29, 0.717) is 11.8 Å². The first kappa shape index (κ1) is 33.6. The van der Waals surface area contributed by atoms with Crippen LogP contribution in [0.25, 0.3) is 0 Å². The molecule has 3 aliphatic heterocycles. The zero-order valence-corrected chi connectivity index (χ0v) is 22.8. The Bertz CT molecular complexity index is 1080. The fraction of sp³-hybridized carbons (Fsp3) is 0.667. The predicted molar refractivity (Wildman–Crippen MR) is 136 cm³/mol. The molecule has 3 heterocycles. The molecule has 1 aromatic rings. The number of nitrogens with zero attached hydrogens (tertiary/aromatic N) is 2. The Kier molecular flexibility index (Phi) is 10.9. The Morgan fingerprint density at radius 2 is 1.45 bits per heavy atom. The Morgan fingerprint density at radius 1 is 0.929 bits per heavy atom. The SMILES string of the molecule is O=C(O)C(F)(F)F.O=C(O)C(F)(F)F.O=C1CCCN1CC1CCN([C@@H]2c3ccccc3C3(CCNCC3)[C@H]2O)CC1. The molecule has 0 radical (unpaired) electrons. The number of aliphatic hydroxyl groups excluding tert-OH is 1. The lowest BCUT2D eigenvalue weighted by atomic mass is 9.72. The maximum Gasteiger partial charge on any atom is 0.490 e. The highest BCUT2D eigenvalue weighted by Gasteiger charge is 2.53. The minimum absolute atomic E-state index is 0.0780. The molecule has 15 heteroatoms. The van der Waals surface area contributed by atoms with Gasteiger partial charge in [0.05, 0.1) is 12.1 Å². The number of carbonyl (C=O) groups excluding carboxylic acids is 1. The molecular formula is C27H35F6N3O6. The number of piperidine rings is 2. The lowest BCUT2D eigenvalue weighted by Gasteiger charge is -2.43. The van der Waals surface area contributed by atoms with Crippen LogP contribution in [0.2, 0.25) is 0 Å². The van der Waals surface area contributed by atoms with Crippen LogP contribution in [0.15, 0.2) is 24.3 Å². The summed E-state index contributed by atoms with van der Waals surface area (Å²) >= 11 is 0. The number of nitrogens with one attached hydrogen (secondary N) is 1. The van der Waals surface area contributed by atoms with Crippen LogP contribution in [0, 0.1) is 5.92 Å². The summed E-state index contributed by atoms with van der Waals surface area (Å²) < 4.78 is 63.5. The molecule has 1 aliphatic carbocycles. The van der Waals surface area contributed by atoms with Crippen LogP contribution in [0.5, 0.6) is 0 Å². The number of benzene rings is 1. The van der Waals surface area contributed by atoms with Crippen molar-refractivity contribution in [1.82, 2.24) is 15.1 Å². The number of halogens is 6. The normalized spacial score (nSPS) is 24.4. The highest BCUT2D eigenvalue weighted by atomic mass is 19.4. The number of carboxylic acids is 2. The highest BCUT2D eigenvalue weighted by molar-refractivity contribution is 5.78. The van der Waals surface area contributed by atoms with Crippen molar-refractivity contribution < 1.29 is 56.0 Å². The number of rotatable bonds is 3. The first-order valence-corrected chi connectivity index (χ1v) is 13.7. The van der Waals surface area contributed by atoms with Gasteiger partial charge in [0.25, 0.3) is 0 Å². The lowest BCUT2D eigenvalue weighted by molar-refractivity contribution is -0.193.